The van der Waals surface area contributed by atoms with Gasteiger partial charge < -0.3 is 9.47 Å². The van der Waals surface area contributed by atoms with Crippen LogP contribution in [-0.2, 0) is 24.1 Å². The molecule has 0 unspecified atom stereocenters. The maximum Gasteiger partial charge on any atom is 0.302 e. The van der Waals surface area contributed by atoms with Gasteiger partial charge in [-0.15, -0.1) is 0 Å². The number of halogens is 3. The quantitative estimate of drug-likeness (QED) is 0.640. The molecular weight excluding hydrogens is 438 g/mol. The Morgan fingerprint density at radius 1 is 1.17 bits per heavy atom. The second kappa shape index (κ2) is 7.50. The van der Waals surface area contributed by atoms with E-state index in [2.05, 4.69) is 0 Å². The fourth-order valence-corrected chi connectivity index (χ4v) is 7.13. The van der Waals surface area contributed by atoms with E-state index in [0.29, 0.717) is 5.02 Å². The molecule has 1 heterocycles. The third-order valence-electron chi connectivity index (χ3n) is 5.89. The van der Waals surface area contributed by atoms with Gasteiger partial charge in [0.2, 0.25) is 0 Å². The van der Waals surface area contributed by atoms with E-state index in [9.17, 15) is 17.6 Å². The molecule has 1 aliphatic heterocycles. The first-order valence-corrected chi connectivity index (χ1v) is 11.3. The first-order chi connectivity index (χ1) is 14.2. The SMILES string of the molecule is CC(=O)O[C@H]1CC[C@]2(S(=O)(=O)c3ccc(Cl)cc3)c3c(F)ccc(F)c3OC[C@@H]2C1. The highest BCUT2D eigenvalue weighted by atomic mass is 35.5. The van der Waals surface area contributed by atoms with Crippen LogP contribution in [0.15, 0.2) is 41.3 Å². The van der Waals surface area contributed by atoms with Gasteiger partial charge in [0.25, 0.3) is 0 Å². The third kappa shape index (κ3) is 3.17. The monoisotopic (exact) mass is 456 g/mol. The Kier molecular flexibility index (Phi) is 5.26. The van der Waals surface area contributed by atoms with E-state index in [1.54, 1.807) is 0 Å². The van der Waals surface area contributed by atoms with Crippen molar-refractivity contribution in [2.75, 3.05) is 6.61 Å². The largest absolute Gasteiger partial charge is 0.490 e. The van der Waals surface area contributed by atoms with E-state index in [-0.39, 0.29) is 42.1 Å². The van der Waals surface area contributed by atoms with Crippen LogP contribution in [0.4, 0.5) is 8.78 Å². The molecule has 160 valence electrons. The second-order valence-corrected chi connectivity index (χ2v) is 10.2. The van der Waals surface area contributed by atoms with Crippen molar-refractivity contribution >= 4 is 27.4 Å². The van der Waals surface area contributed by atoms with Crippen molar-refractivity contribution in [3.63, 3.8) is 0 Å². The molecule has 0 bridgehead atoms. The van der Waals surface area contributed by atoms with Crippen LogP contribution < -0.4 is 4.74 Å². The maximum atomic E-state index is 15.1. The highest BCUT2D eigenvalue weighted by Gasteiger charge is 2.60. The average Bonchev–Trinajstić information content (AvgIpc) is 2.70. The molecule has 9 heteroatoms. The number of carbonyl (C=O) groups excluding carboxylic acids is 1. The normalized spacial score (nSPS) is 25.6. The van der Waals surface area contributed by atoms with Crippen molar-refractivity contribution in [2.45, 2.75) is 41.9 Å². The fraction of sp³-hybridized carbons (Fsp3) is 0.381. The van der Waals surface area contributed by atoms with Crippen LogP contribution in [0.3, 0.4) is 0 Å². The molecule has 0 saturated heterocycles. The van der Waals surface area contributed by atoms with Crippen molar-refractivity contribution in [1.82, 2.24) is 0 Å². The Labute approximate surface area is 177 Å². The zero-order chi connectivity index (χ0) is 21.7. The van der Waals surface area contributed by atoms with E-state index >= 15 is 4.39 Å². The number of sulfone groups is 1. The van der Waals surface area contributed by atoms with Crippen LogP contribution in [0.5, 0.6) is 5.75 Å². The number of ether oxygens (including phenoxy) is 2. The lowest BCUT2D eigenvalue weighted by molar-refractivity contribution is -0.149. The Morgan fingerprint density at radius 3 is 2.50 bits per heavy atom. The van der Waals surface area contributed by atoms with Crippen molar-refractivity contribution in [2.24, 2.45) is 5.92 Å². The molecule has 0 spiro atoms. The molecule has 0 amide bonds. The molecule has 30 heavy (non-hydrogen) atoms. The van der Waals surface area contributed by atoms with Crippen LogP contribution in [0.2, 0.25) is 5.02 Å². The summed E-state index contributed by atoms with van der Waals surface area (Å²) in [5.41, 5.74) is -0.296. The van der Waals surface area contributed by atoms with Gasteiger partial charge in [0.05, 0.1) is 17.1 Å². The molecular formula is C21H19ClF2O5S. The summed E-state index contributed by atoms with van der Waals surface area (Å²) in [5.74, 6) is -3.27. The Hall–Kier alpha value is -2.19. The molecule has 0 N–H and O–H groups in total. The molecule has 1 fully saturated rings. The summed E-state index contributed by atoms with van der Waals surface area (Å²) in [6.07, 6.45) is -0.222. The number of rotatable bonds is 3. The van der Waals surface area contributed by atoms with E-state index in [4.69, 9.17) is 21.1 Å². The smallest absolute Gasteiger partial charge is 0.302 e. The summed E-state index contributed by atoms with van der Waals surface area (Å²) in [7, 11) is -4.19. The van der Waals surface area contributed by atoms with Crippen LogP contribution >= 0.6 is 11.6 Å². The van der Waals surface area contributed by atoms with Gasteiger partial charge in [0, 0.05) is 17.9 Å². The molecule has 0 aromatic heterocycles. The standard InChI is InChI=1S/C21H19ClF2O5S/c1-12(25)29-15-8-9-21(30(26,27)16-4-2-14(22)3-5-16)13(10-15)11-28-20-18(24)7-6-17(23)19(20)21/h2-7,13,15H,8-11H2,1H3/t13-,15-,21+/m0/s1. The van der Waals surface area contributed by atoms with Crippen molar-refractivity contribution < 1.29 is 31.5 Å². The third-order valence-corrected chi connectivity index (χ3v) is 8.74. The molecule has 3 atom stereocenters. The van der Waals surface area contributed by atoms with Crippen LogP contribution in [0.25, 0.3) is 0 Å². The Morgan fingerprint density at radius 2 is 1.83 bits per heavy atom. The molecule has 1 saturated carbocycles. The maximum absolute atomic E-state index is 15.1. The molecule has 2 aliphatic rings. The number of esters is 1. The number of hydrogen-bond acceptors (Lipinski definition) is 5. The van der Waals surface area contributed by atoms with Crippen molar-refractivity contribution in [3.05, 3.63) is 58.6 Å². The first kappa shape index (κ1) is 21.1. The van der Waals surface area contributed by atoms with Gasteiger partial charge in [0.15, 0.2) is 21.4 Å². The van der Waals surface area contributed by atoms with Crippen LogP contribution in [0.1, 0.15) is 31.7 Å². The fourth-order valence-electron chi connectivity index (χ4n) is 4.64. The van der Waals surface area contributed by atoms with Gasteiger partial charge in [-0.25, -0.2) is 17.2 Å². The van der Waals surface area contributed by atoms with Gasteiger partial charge >= 0.3 is 5.97 Å². The predicted molar refractivity (Wildman–Crippen MR) is 105 cm³/mol. The minimum atomic E-state index is -4.19. The molecule has 2 aromatic carbocycles. The second-order valence-electron chi connectivity index (χ2n) is 7.59. The number of carbonyl (C=O) groups is 1. The lowest BCUT2D eigenvalue weighted by Gasteiger charge is -2.48. The minimum Gasteiger partial charge on any atom is -0.490 e. The minimum absolute atomic E-state index is 0.0423. The predicted octanol–water partition coefficient (Wildman–Crippen LogP) is 4.41. The topological polar surface area (TPSA) is 69.7 Å². The molecule has 0 radical (unpaired) electrons. The molecule has 5 nitrogen and oxygen atoms in total. The highest BCUT2D eigenvalue weighted by molar-refractivity contribution is 7.92. The Bertz CT molecular complexity index is 1100. The van der Waals surface area contributed by atoms with Gasteiger partial charge in [-0.1, -0.05) is 11.6 Å². The lowest BCUT2D eigenvalue weighted by atomic mass is 9.72. The lowest BCUT2D eigenvalue weighted by Crippen LogP contribution is -2.53. The average molecular weight is 457 g/mol. The van der Waals surface area contributed by atoms with Gasteiger partial charge in [-0.05, 0) is 55.7 Å². The summed E-state index contributed by atoms with van der Waals surface area (Å²) >= 11 is 5.90. The zero-order valence-electron chi connectivity index (χ0n) is 16.0. The zero-order valence-corrected chi connectivity index (χ0v) is 17.6. The Balaban J connectivity index is 1.93. The van der Waals surface area contributed by atoms with Crippen molar-refractivity contribution in [3.8, 4) is 5.75 Å². The van der Waals surface area contributed by atoms with Crippen LogP contribution in [0, 0.1) is 17.6 Å². The number of benzene rings is 2. The van der Waals surface area contributed by atoms with E-state index < -0.39 is 44.2 Å². The summed E-state index contributed by atoms with van der Waals surface area (Å²) < 4.78 is 66.4. The van der Waals surface area contributed by atoms with Crippen LogP contribution in [-0.4, -0.2) is 27.1 Å². The summed E-state index contributed by atoms with van der Waals surface area (Å²) in [4.78, 5) is 11.4. The van der Waals surface area contributed by atoms with Gasteiger partial charge in [0.1, 0.15) is 16.7 Å². The molecule has 2 aromatic rings. The summed E-state index contributed by atoms with van der Waals surface area (Å²) in [6.45, 7) is 1.13. The molecule has 4 rings (SSSR count). The van der Waals surface area contributed by atoms with Gasteiger partial charge in [-0.2, -0.15) is 0 Å². The summed E-state index contributed by atoms with van der Waals surface area (Å²) in [6, 6.07) is 7.42. The molecule has 1 aliphatic carbocycles. The highest BCUT2D eigenvalue weighted by Crippen LogP contribution is 2.56. The van der Waals surface area contributed by atoms with Gasteiger partial charge in [-0.3, -0.25) is 4.79 Å². The number of fused-ring (bicyclic) bond motifs is 3. The van der Waals surface area contributed by atoms with Crippen molar-refractivity contribution in [1.29, 1.82) is 0 Å². The number of hydrogen-bond donors (Lipinski definition) is 0. The first-order valence-electron chi connectivity index (χ1n) is 9.45. The van der Waals surface area contributed by atoms with E-state index in [0.717, 1.165) is 12.1 Å². The summed E-state index contributed by atoms with van der Waals surface area (Å²) in [5, 5.41) is 0.353. The van der Waals surface area contributed by atoms with E-state index in [1.165, 1.54) is 31.2 Å². The van der Waals surface area contributed by atoms with E-state index in [1.807, 2.05) is 0 Å².